The highest BCUT2D eigenvalue weighted by molar-refractivity contribution is 7.35. The van der Waals surface area contributed by atoms with Crippen LogP contribution in [0.1, 0.15) is 13.8 Å². The Balaban J connectivity index is 2.34. The first-order chi connectivity index (χ1) is 2.91. The Morgan fingerprint density at radius 1 is 1.50 bits per heavy atom. The van der Waals surface area contributed by atoms with Crippen molar-refractivity contribution in [2.45, 2.75) is 13.8 Å². The number of hydrogen-bond donors (Lipinski definition) is 1. The van der Waals surface area contributed by atoms with Crippen LogP contribution in [0.25, 0.3) is 0 Å². The predicted molar refractivity (Wildman–Crippen MR) is 33.9 cm³/mol. The Kier molecular flexibility index (Phi) is 5.74. The molecular weight excluding hydrogens is 93.0 g/mol. The average Bonchev–Trinajstić information content (AvgIpc) is 1.61. The molecule has 0 aromatic rings. The van der Waals surface area contributed by atoms with Gasteiger partial charge in [0.25, 0.3) is 0 Å². The molecule has 1 nitrogen and oxygen atoms in total. The van der Waals surface area contributed by atoms with Gasteiger partial charge in [0.05, 0.1) is 14.9 Å². The number of rotatable bonds is 3. The Labute approximate surface area is 41.4 Å². The quantitative estimate of drug-likeness (QED) is 0.417. The second-order valence-corrected chi connectivity index (χ2v) is 2.80. The molecule has 0 aliphatic rings. The lowest BCUT2D eigenvalue weighted by molar-refractivity contribution is 1.02. The maximum absolute atomic E-state index is 3.28. The van der Waals surface area contributed by atoms with Gasteiger partial charge < -0.3 is 0 Å². The molecule has 0 aromatic carbocycles. The van der Waals surface area contributed by atoms with Crippen LogP contribution in [0.2, 0.25) is 0 Å². The van der Waals surface area contributed by atoms with Crippen LogP contribution in [0.3, 0.4) is 0 Å². The van der Waals surface area contributed by atoms with Crippen molar-refractivity contribution >= 4 is 8.73 Å². The van der Waals surface area contributed by atoms with Crippen molar-refractivity contribution in [1.29, 1.82) is 0 Å². The molecule has 0 amide bonds. The minimum atomic E-state index is 0.568. The molecule has 0 aliphatic carbocycles. The van der Waals surface area contributed by atoms with E-state index < -0.39 is 0 Å². The maximum Gasteiger partial charge on any atom is 0.0676 e. The SMILES string of the molecule is CCN[PH2+]CC. The molecule has 0 bridgehead atoms. The molecule has 1 N–H and O–H groups in total. The highest BCUT2D eigenvalue weighted by atomic mass is 31.1. The first-order valence-electron chi connectivity index (χ1n) is 2.46. The molecule has 0 spiro atoms. The third-order valence-electron chi connectivity index (χ3n) is 0.553. The van der Waals surface area contributed by atoms with Crippen LogP contribution in [0.5, 0.6) is 0 Å². The first kappa shape index (κ1) is 6.39. The van der Waals surface area contributed by atoms with Crippen molar-refractivity contribution < 1.29 is 0 Å². The molecule has 0 heterocycles. The summed E-state index contributed by atoms with van der Waals surface area (Å²) in [4.78, 5) is 0. The van der Waals surface area contributed by atoms with E-state index in [1.54, 1.807) is 0 Å². The van der Waals surface area contributed by atoms with Crippen molar-refractivity contribution in [1.82, 2.24) is 5.09 Å². The van der Waals surface area contributed by atoms with Gasteiger partial charge >= 0.3 is 0 Å². The molecule has 2 heteroatoms. The zero-order valence-electron chi connectivity index (χ0n) is 4.49. The summed E-state index contributed by atoms with van der Waals surface area (Å²) in [5.74, 6) is 0. The van der Waals surface area contributed by atoms with Gasteiger partial charge in [-0.3, -0.25) is 0 Å². The van der Waals surface area contributed by atoms with E-state index in [1.165, 1.54) is 6.16 Å². The monoisotopic (exact) mass is 106 g/mol. The van der Waals surface area contributed by atoms with Gasteiger partial charge in [0, 0.05) is 6.54 Å². The topological polar surface area (TPSA) is 12.0 Å². The predicted octanol–water partition coefficient (Wildman–Crippen LogP) is 0.942. The average molecular weight is 106 g/mol. The van der Waals surface area contributed by atoms with E-state index in [4.69, 9.17) is 0 Å². The molecule has 0 saturated heterocycles. The highest BCUT2D eigenvalue weighted by Crippen LogP contribution is 1.97. The standard InChI is InChI=1S/C4H12NP/c1-3-5-6-4-2/h5-6H,3-4H2,1-2H3/p+1. The van der Waals surface area contributed by atoms with E-state index in [1.807, 2.05) is 0 Å². The summed E-state index contributed by atoms with van der Waals surface area (Å²) >= 11 is 0. The van der Waals surface area contributed by atoms with Gasteiger partial charge in [-0.25, -0.2) is 0 Å². The van der Waals surface area contributed by atoms with E-state index in [0.29, 0.717) is 8.73 Å². The van der Waals surface area contributed by atoms with Crippen molar-refractivity contribution in [2.24, 2.45) is 0 Å². The summed E-state index contributed by atoms with van der Waals surface area (Å²) in [6.45, 7) is 5.49. The fourth-order valence-electron chi connectivity index (χ4n) is 0.289. The fraction of sp³-hybridized carbons (Fsp3) is 1.00. The third kappa shape index (κ3) is 4.39. The second-order valence-electron chi connectivity index (χ2n) is 1.17. The van der Waals surface area contributed by atoms with Crippen molar-refractivity contribution in [2.75, 3.05) is 12.7 Å². The summed E-state index contributed by atoms with van der Waals surface area (Å²) in [6, 6.07) is 0. The third-order valence-corrected chi connectivity index (χ3v) is 1.66. The molecule has 6 heavy (non-hydrogen) atoms. The van der Waals surface area contributed by atoms with Gasteiger partial charge in [-0.2, -0.15) is 5.09 Å². The molecule has 0 aromatic heterocycles. The summed E-state index contributed by atoms with van der Waals surface area (Å²) in [6.07, 6.45) is 1.33. The maximum atomic E-state index is 3.28. The molecule has 0 fully saturated rings. The van der Waals surface area contributed by atoms with Crippen molar-refractivity contribution in [3.05, 3.63) is 0 Å². The van der Waals surface area contributed by atoms with Crippen molar-refractivity contribution in [3.8, 4) is 0 Å². The highest BCUT2D eigenvalue weighted by Gasteiger charge is 1.78. The Morgan fingerprint density at radius 3 is 2.33 bits per heavy atom. The lowest BCUT2D eigenvalue weighted by atomic mass is 10.8. The minimum Gasteiger partial charge on any atom is -0.197 e. The lowest BCUT2D eigenvalue weighted by Crippen LogP contribution is -1.97. The normalized spacial score (nSPS) is 11.0. The molecule has 0 aliphatic heterocycles. The molecule has 1 unspecified atom stereocenters. The minimum absolute atomic E-state index is 0.568. The smallest absolute Gasteiger partial charge is 0.0676 e. The molecule has 38 valence electrons. The first-order valence-corrected chi connectivity index (χ1v) is 3.86. The van der Waals surface area contributed by atoms with Crippen LogP contribution in [0.15, 0.2) is 0 Å². The number of nitrogens with one attached hydrogen (secondary N) is 1. The zero-order valence-corrected chi connectivity index (χ0v) is 5.65. The lowest BCUT2D eigenvalue weighted by Gasteiger charge is -1.84. The van der Waals surface area contributed by atoms with E-state index in [2.05, 4.69) is 18.9 Å². The van der Waals surface area contributed by atoms with Crippen LogP contribution >= 0.6 is 8.73 Å². The van der Waals surface area contributed by atoms with Gasteiger partial charge in [0.1, 0.15) is 0 Å². The summed E-state index contributed by atoms with van der Waals surface area (Å²) in [5.41, 5.74) is 0. The molecular formula is C4H13NP+. The van der Waals surface area contributed by atoms with E-state index >= 15 is 0 Å². The molecule has 0 saturated carbocycles. The summed E-state index contributed by atoms with van der Waals surface area (Å²) in [7, 11) is 0.568. The van der Waals surface area contributed by atoms with Crippen LogP contribution in [-0.4, -0.2) is 12.7 Å². The Hall–Kier alpha value is 0.390. The molecule has 1 atom stereocenters. The van der Waals surface area contributed by atoms with Gasteiger partial charge in [0.2, 0.25) is 0 Å². The van der Waals surface area contributed by atoms with E-state index in [-0.39, 0.29) is 0 Å². The van der Waals surface area contributed by atoms with Crippen LogP contribution < -0.4 is 5.09 Å². The Bertz CT molecular complexity index is 19.5. The van der Waals surface area contributed by atoms with E-state index in [9.17, 15) is 0 Å². The number of hydrogen-bond acceptors (Lipinski definition) is 1. The van der Waals surface area contributed by atoms with Gasteiger partial charge in [-0.05, 0) is 13.8 Å². The Morgan fingerprint density at radius 2 is 2.17 bits per heavy atom. The van der Waals surface area contributed by atoms with Crippen LogP contribution in [0.4, 0.5) is 0 Å². The molecule has 0 rings (SSSR count). The van der Waals surface area contributed by atoms with Crippen LogP contribution in [-0.2, 0) is 0 Å². The molecule has 0 radical (unpaired) electrons. The van der Waals surface area contributed by atoms with Gasteiger partial charge in [0.15, 0.2) is 0 Å². The zero-order chi connectivity index (χ0) is 4.83. The summed E-state index contributed by atoms with van der Waals surface area (Å²) < 4.78 is 0. The largest absolute Gasteiger partial charge is 0.197 e. The van der Waals surface area contributed by atoms with Crippen LogP contribution in [0, 0.1) is 0 Å². The van der Waals surface area contributed by atoms with E-state index in [0.717, 1.165) is 6.54 Å². The van der Waals surface area contributed by atoms with Crippen molar-refractivity contribution in [3.63, 3.8) is 0 Å². The second kappa shape index (κ2) is 5.39. The van der Waals surface area contributed by atoms with Gasteiger partial charge in [-0.1, -0.05) is 0 Å². The fourth-order valence-corrected chi connectivity index (χ4v) is 0.866. The summed E-state index contributed by atoms with van der Waals surface area (Å²) in [5, 5.41) is 3.28. The van der Waals surface area contributed by atoms with Gasteiger partial charge in [-0.15, -0.1) is 0 Å².